The molecule has 2 aromatic rings. The highest BCUT2D eigenvalue weighted by molar-refractivity contribution is 5.75. The third-order valence-corrected chi connectivity index (χ3v) is 6.29. The summed E-state index contributed by atoms with van der Waals surface area (Å²) in [5, 5.41) is 12.5. The quantitative estimate of drug-likeness (QED) is 0.602. The van der Waals surface area contributed by atoms with Crippen LogP contribution in [0.4, 0.5) is 29.2 Å². The smallest absolute Gasteiger partial charge is 0.416 e. The van der Waals surface area contributed by atoms with Crippen LogP contribution in [0.25, 0.3) is 0 Å². The molecule has 1 unspecified atom stereocenters. The molecule has 1 atom stereocenters. The molecule has 1 aromatic heterocycles. The van der Waals surface area contributed by atoms with Crippen LogP contribution in [0.15, 0.2) is 30.6 Å². The number of nitrogens with one attached hydrogen (secondary N) is 1. The Bertz CT molecular complexity index is 1010. The lowest BCUT2D eigenvalue weighted by atomic mass is 9.80. The van der Waals surface area contributed by atoms with E-state index < -0.39 is 35.0 Å². The van der Waals surface area contributed by atoms with Crippen molar-refractivity contribution < 1.29 is 36.9 Å². The first kappa shape index (κ1) is 24.1. The number of aromatic nitrogens is 2. The zero-order valence-corrected chi connectivity index (χ0v) is 18.1. The number of anilines is 2. The number of aliphatic carboxylic acids is 1. The Kier molecular flexibility index (Phi) is 6.89. The molecule has 0 radical (unpaired) electrons. The molecule has 12 heteroatoms. The summed E-state index contributed by atoms with van der Waals surface area (Å²) in [5.74, 6) is -1.95. The minimum absolute atomic E-state index is 0.0372. The summed E-state index contributed by atoms with van der Waals surface area (Å²) in [5.41, 5.74) is -1.36. The van der Waals surface area contributed by atoms with Crippen molar-refractivity contribution in [1.82, 2.24) is 9.97 Å². The van der Waals surface area contributed by atoms with Gasteiger partial charge in [-0.25, -0.2) is 9.97 Å². The van der Waals surface area contributed by atoms with E-state index in [1.54, 1.807) is 4.90 Å². The molecule has 0 bridgehead atoms. The normalized spacial score (nSPS) is 20.7. The van der Waals surface area contributed by atoms with Crippen molar-refractivity contribution in [3.05, 3.63) is 47.5 Å². The Balaban J connectivity index is 1.57. The van der Waals surface area contributed by atoms with Crippen LogP contribution in [-0.4, -0.2) is 60.6 Å². The lowest BCUT2D eigenvalue weighted by Gasteiger charge is -2.37. The number of ether oxygens (including phenoxy) is 2. The van der Waals surface area contributed by atoms with E-state index in [9.17, 15) is 23.1 Å². The van der Waals surface area contributed by atoms with Crippen LogP contribution in [0.1, 0.15) is 30.0 Å². The summed E-state index contributed by atoms with van der Waals surface area (Å²) < 4.78 is 65.0. The topological polar surface area (TPSA) is 96.8 Å². The molecular formula is C22H24F4N4O4. The van der Waals surface area contributed by atoms with Crippen molar-refractivity contribution in [2.75, 3.05) is 49.7 Å². The van der Waals surface area contributed by atoms with Crippen molar-refractivity contribution in [3.8, 4) is 0 Å². The molecule has 0 aliphatic carbocycles. The maximum absolute atomic E-state index is 15.5. The van der Waals surface area contributed by atoms with E-state index in [0.717, 1.165) is 18.5 Å². The summed E-state index contributed by atoms with van der Waals surface area (Å²) in [4.78, 5) is 21.5. The fraction of sp³-hybridized carbons (Fsp3) is 0.500. The number of carboxylic acids is 1. The molecule has 2 N–H and O–H groups in total. The summed E-state index contributed by atoms with van der Waals surface area (Å²) in [6, 6.07) is 4.08. The van der Waals surface area contributed by atoms with Gasteiger partial charge in [-0.3, -0.25) is 4.79 Å². The lowest BCUT2D eigenvalue weighted by Crippen LogP contribution is -2.43. The minimum Gasteiger partial charge on any atom is -0.481 e. The van der Waals surface area contributed by atoms with Crippen molar-refractivity contribution in [3.63, 3.8) is 0 Å². The Labute approximate surface area is 192 Å². The molecule has 8 nitrogen and oxygen atoms in total. The van der Waals surface area contributed by atoms with Gasteiger partial charge >= 0.3 is 12.1 Å². The highest BCUT2D eigenvalue weighted by Crippen LogP contribution is 2.35. The van der Waals surface area contributed by atoms with Crippen LogP contribution in [0.5, 0.6) is 0 Å². The van der Waals surface area contributed by atoms with Crippen molar-refractivity contribution in [1.29, 1.82) is 0 Å². The van der Waals surface area contributed by atoms with Gasteiger partial charge in [-0.05, 0) is 30.5 Å². The number of carboxylic acid groups (broad SMARTS) is 1. The monoisotopic (exact) mass is 484 g/mol. The average molecular weight is 484 g/mol. The second-order valence-electron chi connectivity index (χ2n) is 8.32. The zero-order chi connectivity index (χ0) is 24.3. The zero-order valence-electron chi connectivity index (χ0n) is 18.1. The van der Waals surface area contributed by atoms with Gasteiger partial charge < -0.3 is 24.8 Å². The number of hydrogen-bond acceptors (Lipinski definition) is 7. The Morgan fingerprint density at radius 3 is 2.50 bits per heavy atom. The Morgan fingerprint density at radius 1 is 1.15 bits per heavy atom. The van der Waals surface area contributed by atoms with Crippen molar-refractivity contribution >= 4 is 17.6 Å². The molecule has 2 saturated heterocycles. The fourth-order valence-electron chi connectivity index (χ4n) is 4.19. The van der Waals surface area contributed by atoms with Gasteiger partial charge in [0, 0.05) is 26.3 Å². The van der Waals surface area contributed by atoms with Crippen LogP contribution in [0.3, 0.4) is 0 Å². The maximum Gasteiger partial charge on any atom is 0.416 e. The van der Waals surface area contributed by atoms with Crippen LogP contribution < -0.4 is 10.2 Å². The van der Waals surface area contributed by atoms with E-state index in [4.69, 9.17) is 9.47 Å². The van der Waals surface area contributed by atoms with Crippen LogP contribution in [0, 0.1) is 11.2 Å². The van der Waals surface area contributed by atoms with E-state index in [2.05, 4.69) is 15.3 Å². The van der Waals surface area contributed by atoms with Gasteiger partial charge in [0.1, 0.15) is 6.33 Å². The van der Waals surface area contributed by atoms with E-state index in [-0.39, 0.29) is 50.8 Å². The molecule has 1 aromatic carbocycles. The molecule has 4 rings (SSSR count). The number of hydrogen-bond donors (Lipinski definition) is 2. The molecule has 3 heterocycles. The van der Waals surface area contributed by atoms with Crippen LogP contribution >= 0.6 is 0 Å². The van der Waals surface area contributed by atoms with E-state index >= 15 is 4.39 Å². The molecular weight excluding hydrogens is 460 g/mol. The third kappa shape index (κ3) is 4.92. The first-order valence-corrected chi connectivity index (χ1v) is 10.8. The number of nitrogens with zero attached hydrogens (tertiary/aromatic N) is 3. The summed E-state index contributed by atoms with van der Waals surface area (Å²) >= 11 is 0. The number of carbonyl (C=O) groups is 1. The van der Waals surface area contributed by atoms with Crippen LogP contribution in [-0.2, 0) is 20.4 Å². The van der Waals surface area contributed by atoms with Gasteiger partial charge in [0.15, 0.2) is 11.6 Å². The van der Waals surface area contributed by atoms with Gasteiger partial charge in [0.05, 0.1) is 30.2 Å². The highest BCUT2D eigenvalue weighted by atomic mass is 19.4. The predicted molar refractivity (Wildman–Crippen MR) is 113 cm³/mol. The van der Waals surface area contributed by atoms with Crippen molar-refractivity contribution in [2.45, 2.75) is 25.1 Å². The fourth-order valence-corrected chi connectivity index (χ4v) is 4.19. The van der Waals surface area contributed by atoms with Gasteiger partial charge in [-0.1, -0.05) is 12.1 Å². The van der Waals surface area contributed by atoms with Gasteiger partial charge in [0.25, 0.3) is 0 Å². The first-order valence-electron chi connectivity index (χ1n) is 10.8. The molecule has 2 aliphatic rings. The molecule has 34 heavy (non-hydrogen) atoms. The number of benzene rings is 1. The lowest BCUT2D eigenvalue weighted by molar-refractivity contribution is -0.153. The molecule has 0 saturated carbocycles. The van der Waals surface area contributed by atoms with E-state index in [1.165, 1.54) is 12.1 Å². The summed E-state index contributed by atoms with van der Waals surface area (Å²) in [6.45, 7) is 1.24. The summed E-state index contributed by atoms with van der Waals surface area (Å²) in [7, 11) is 0. The first-order chi connectivity index (χ1) is 16.2. The molecule has 2 fully saturated rings. The molecule has 184 valence electrons. The number of halogens is 4. The number of morpholine rings is 1. The summed E-state index contributed by atoms with van der Waals surface area (Å²) in [6.07, 6.45) is -2.72. The standard InChI is InChI=1S/C22H24F4N4O4/c23-17-18(27-12-21(20(31)32)5-8-33-9-6-21)28-13-29-19(17)30-7-10-34-11-16(30)14-1-3-15(4-2-14)22(24,25)26/h1-4,13,16H,5-12H2,(H,31,32)(H,27,28,29). The number of rotatable bonds is 6. The van der Waals surface area contributed by atoms with Gasteiger partial charge in [-0.15, -0.1) is 0 Å². The largest absolute Gasteiger partial charge is 0.481 e. The molecule has 0 spiro atoms. The highest BCUT2D eigenvalue weighted by Gasteiger charge is 2.40. The maximum atomic E-state index is 15.5. The predicted octanol–water partition coefficient (Wildman–Crippen LogP) is 3.51. The van der Waals surface area contributed by atoms with E-state index in [0.29, 0.717) is 18.8 Å². The Hall–Kier alpha value is -2.99. The average Bonchev–Trinajstić information content (AvgIpc) is 2.83. The molecule has 0 amide bonds. The second-order valence-corrected chi connectivity index (χ2v) is 8.32. The number of alkyl halides is 3. The minimum atomic E-state index is -4.46. The second kappa shape index (κ2) is 9.71. The van der Waals surface area contributed by atoms with Gasteiger partial charge in [0.2, 0.25) is 5.82 Å². The van der Waals surface area contributed by atoms with Gasteiger partial charge in [-0.2, -0.15) is 17.6 Å². The Morgan fingerprint density at radius 2 is 1.85 bits per heavy atom. The SMILES string of the molecule is O=C(O)C1(CNc2ncnc(N3CCOCC3c3ccc(C(F)(F)F)cc3)c2F)CCOCC1. The van der Waals surface area contributed by atoms with Crippen molar-refractivity contribution in [2.24, 2.45) is 5.41 Å². The molecule has 2 aliphatic heterocycles. The van der Waals surface area contributed by atoms with E-state index in [1.807, 2.05) is 0 Å². The van der Waals surface area contributed by atoms with Crippen LogP contribution in [0.2, 0.25) is 0 Å². The third-order valence-electron chi connectivity index (χ3n) is 6.29.